The van der Waals surface area contributed by atoms with Crippen LogP contribution in [0.3, 0.4) is 0 Å². The first kappa shape index (κ1) is 23.8. The number of ether oxygens (including phenoxy) is 3. The molecule has 0 aromatic heterocycles. The summed E-state index contributed by atoms with van der Waals surface area (Å²) in [7, 11) is 3.23. The quantitative estimate of drug-likeness (QED) is 0.442. The van der Waals surface area contributed by atoms with E-state index in [1.165, 1.54) is 5.56 Å². The number of nitrogens with one attached hydrogen (secondary N) is 1. The van der Waals surface area contributed by atoms with Gasteiger partial charge in [-0.15, -0.1) is 0 Å². The molecule has 4 rings (SSSR count). The van der Waals surface area contributed by atoms with Crippen LogP contribution in [-0.2, 0) is 12.8 Å². The number of nitrogens with zero attached hydrogens (tertiary/aromatic N) is 1. The first-order valence-electron chi connectivity index (χ1n) is 11.3. The monoisotopic (exact) mass is 480 g/mol. The Morgan fingerprint density at radius 3 is 2.35 bits per heavy atom. The minimum atomic E-state index is -0.304. The molecule has 0 aliphatic carbocycles. The van der Waals surface area contributed by atoms with Crippen molar-refractivity contribution in [3.63, 3.8) is 0 Å². The maximum absolute atomic E-state index is 13.3. The Labute approximate surface area is 205 Å². The summed E-state index contributed by atoms with van der Waals surface area (Å²) in [5.41, 5.74) is 4.03. The van der Waals surface area contributed by atoms with Crippen molar-refractivity contribution >= 4 is 23.3 Å². The SMILES string of the molecule is CCc1ccc(OCC2c3cc(OC)c(OC)cc3CCN2C(=O)Nc2ccc(Cl)cc2)cc1. The number of anilines is 1. The maximum Gasteiger partial charge on any atom is 0.322 e. The highest BCUT2D eigenvalue weighted by Crippen LogP contribution is 2.38. The van der Waals surface area contributed by atoms with Gasteiger partial charge in [0, 0.05) is 17.3 Å². The molecule has 0 fully saturated rings. The standard InChI is InChI=1S/C27H29ClN2O4/c1-4-18-5-11-22(12-6-18)34-17-24-23-16-26(33-3)25(32-2)15-19(23)13-14-30(24)27(31)29-21-9-7-20(28)8-10-21/h5-12,15-16,24H,4,13-14,17H2,1-3H3,(H,29,31). The highest BCUT2D eigenvalue weighted by molar-refractivity contribution is 6.30. The van der Waals surface area contributed by atoms with Gasteiger partial charge >= 0.3 is 6.03 Å². The van der Waals surface area contributed by atoms with E-state index in [2.05, 4.69) is 24.4 Å². The molecule has 6 nitrogen and oxygen atoms in total. The van der Waals surface area contributed by atoms with E-state index in [1.54, 1.807) is 38.5 Å². The molecule has 3 aromatic rings. The van der Waals surface area contributed by atoms with E-state index < -0.39 is 0 Å². The van der Waals surface area contributed by atoms with Crippen molar-refractivity contribution < 1.29 is 19.0 Å². The molecule has 1 N–H and O–H groups in total. The van der Waals surface area contributed by atoms with E-state index in [-0.39, 0.29) is 12.1 Å². The summed E-state index contributed by atoms with van der Waals surface area (Å²) in [4.78, 5) is 15.1. The average Bonchev–Trinajstić information content (AvgIpc) is 2.87. The first-order valence-corrected chi connectivity index (χ1v) is 11.7. The van der Waals surface area contributed by atoms with E-state index in [4.69, 9.17) is 25.8 Å². The summed E-state index contributed by atoms with van der Waals surface area (Å²) in [5.74, 6) is 2.07. The van der Waals surface area contributed by atoms with Crippen LogP contribution in [0.1, 0.15) is 29.7 Å². The van der Waals surface area contributed by atoms with Crippen molar-refractivity contribution in [3.05, 3.63) is 82.4 Å². The Morgan fingerprint density at radius 2 is 1.71 bits per heavy atom. The van der Waals surface area contributed by atoms with Crippen LogP contribution in [0, 0.1) is 0 Å². The fourth-order valence-electron chi connectivity index (χ4n) is 4.18. The summed E-state index contributed by atoms with van der Waals surface area (Å²) in [6.45, 7) is 2.97. The zero-order chi connectivity index (χ0) is 24.1. The van der Waals surface area contributed by atoms with Crippen LogP contribution in [0.15, 0.2) is 60.7 Å². The Bertz CT molecular complexity index is 1130. The molecule has 7 heteroatoms. The molecule has 1 atom stereocenters. The van der Waals surface area contributed by atoms with Gasteiger partial charge in [0.1, 0.15) is 12.4 Å². The molecule has 34 heavy (non-hydrogen) atoms. The fraction of sp³-hybridized carbons (Fsp3) is 0.296. The van der Waals surface area contributed by atoms with Crippen molar-refractivity contribution in [2.24, 2.45) is 0 Å². The van der Waals surface area contributed by atoms with Crippen LogP contribution in [-0.4, -0.2) is 38.3 Å². The molecule has 3 aromatic carbocycles. The number of fused-ring (bicyclic) bond motifs is 1. The highest BCUT2D eigenvalue weighted by Gasteiger charge is 2.33. The van der Waals surface area contributed by atoms with Crippen LogP contribution >= 0.6 is 11.6 Å². The number of urea groups is 1. The van der Waals surface area contributed by atoms with Gasteiger partial charge < -0.3 is 24.4 Å². The van der Waals surface area contributed by atoms with Crippen molar-refractivity contribution in [1.29, 1.82) is 0 Å². The third-order valence-corrected chi connectivity index (χ3v) is 6.35. The van der Waals surface area contributed by atoms with E-state index in [9.17, 15) is 4.79 Å². The summed E-state index contributed by atoms with van der Waals surface area (Å²) < 4.78 is 17.2. The molecule has 1 aliphatic heterocycles. The average molecular weight is 481 g/mol. The van der Waals surface area contributed by atoms with Crippen LogP contribution in [0.2, 0.25) is 5.02 Å². The number of hydrogen-bond acceptors (Lipinski definition) is 4. The lowest BCUT2D eigenvalue weighted by Gasteiger charge is -2.37. The topological polar surface area (TPSA) is 60.0 Å². The van der Waals surface area contributed by atoms with Crippen LogP contribution < -0.4 is 19.5 Å². The largest absolute Gasteiger partial charge is 0.493 e. The summed E-state index contributed by atoms with van der Waals surface area (Å²) in [5, 5.41) is 3.60. The van der Waals surface area contributed by atoms with Crippen molar-refractivity contribution in [2.75, 3.05) is 32.7 Å². The second-order valence-electron chi connectivity index (χ2n) is 8.11. The molecule has 0 saturated heterocycles. The van der Waals surface area contributed by atoms with Gasteiger partial charge in [-0.05, 0) is 78.1 Å². The predicted octanol–water partition coefficient (Wildman–Crippen LogP) is 6.13. The molecular weight excluding hydrogens is 452 g/mol. The second kappa shape index (κ2) is 10.7. The fourth-order valence-corrected chi connectivity index (χ4v) is 4.30. The second-order valence-corrected chi connectivity index (χ2v) is 8.55. The lowest BCUT2D eigenvalue weighted by Crippen LogP contribution is -2.44. The van der Waals surface area contributed by atoms with E-state index in [1.807, 2.05) is 29.2 Å². The Morgan fingerprint density at radius 1 is 1.03 bits per heavy atom. The van der Waals surface area contributed by atoms with Gasteiger partial charge in [0.2, 0.25) is 0 Å². The number of methoxy groups -OCH3 is 2. The van der Waals surface area contributed by atoms with Crippen molar-refractivity contribution in [3.8, 4) is 17.2 Å². The highest BCUT2D eigenvalue weighted by atomic mass is 35.5. The van der Waals surface area contributed by atoms with Gasteiger partial charge in [0.15, 0.2) is 11.5 Å². The van der Waals surface area contributed by atoms with Gasteiger partial charge in [-0.25, -0.2) is 4.79 Å². The summed E-state index contributed by atoms with van der Waals surface area (Å²) in [6, 6.07) is 18.6. The minimum Gasteiger partial charge on any atom is -0.493 e. The van der Waals surface area contributed by atoms with E-state index >= 15 is 0 Å². The number of amides is 2. The van der Waals surface area contributed by atoms with E-state index in [0.717, 1.165) is 23.3 Å². The van der Waals surface area contributed by atoms with Gasteiger partial charge in [-0.2, -0.15) is 0 Å². The molecule has 1 heterocycles. The van der Waals surface area contributed by atoms with Gasteiger partial charge in [0.25, 0.3) is 0 Å². The van der Waals surface area contributed by atoms with Gasteiger partial charge in [-0.3, -0.25) is 0 Å². The Kier molecular flexibility index (Phi) is 7.48. The Balaban J connectivity index is 1.62. The molecule has 0 spiro atoms. The number of halogens is 1. The Hall–Kier alpha value is -3.38. The number of rotatable bonds is 7. The molecule has 1 unspecified atom stereocenters. The number of benzene rings is 3. The van der Waals surface area contributed by atoms with E-state index in [0.29, 0.717) is 41.8 Å². The minimum absolute atomic E-state index is 0.197. The normalized spacial score (nSPS) is 14.8. The number of hydrogen-bond donors (Lipinski definition) is 1. The predicted molar refractivity (Wildman–Crippen MR) is 134 cm³/mol. The molecule has 2 amide bonds. The molecule has 0 saturated carbocycles. The van der Waals surface area contributed by atoms with Crippen LogP contribution in [0.4, 0.5) is 10.5 Å². The van der Waals surface area contributed by atoms with Gasteiger partial charge in [0.05, 0.1) is 20.3 Å². The van der Waals surface area contributed by atoms with Crippen molar-refractivity contribution in [1.82, 2.24) is 4.90 Å². The van der Waals surface area contributed by atoms with Crippen LogP contribution in [0.25, 0.3) is 0 Å². The summed E-state index contributed by atoms with van der Waals surface area (Å²) >= 11 is 5.99. The smallest absolute Gasteiger partial charge is 0.322 e. The number of carbonyl (C=O) groups is 1. The number of aryl methyl sites for hydroxylation is 1. The van der Waals surface area contributed by atoms with Crippen LogP contribution in [0.5, 0.6) is 17.2 Å². The third-order valence-electron chi connectivity index (χ3n) is 6.10. The first-order chi connectivity index (χ1) is 16.5. The maximum atomic E-state index is 13.3. The molecule has 1 aliphatic rings. The third kappa shape index (κ3) is 5.23. The number of carbonyl (C=O) groups excluding carboxylic acids is 1. The molecule has 178 valence electrons. The zero-order valence-corrected chi connectivity index (χ0v) is 20.4. The zero-order valence-electron chi connectivity index (χ0n) is 19.6. The summed E-state index contributed by atoms with van der Waals surface area (Å²) in [6.07, 6.45) is 1.67. The van der Waals surface area contributed by atoms with Gasteiger partial charge in [-0.1, -0.05) is 30.7 Å². The molecular formula is C27H29ClN2O4. The lowest BCUT2D eigenvalue weighted by atomic mass is 9.92. The molecule has 0 radical (unpaired) electrons. The molecule has 0 bridgehead atoms. The van der Waals surface area contributed by atoms with Crippen molar-refractivity contribution in [2.45, 2.75) is 25.8 Å². The lowest BCUT2D eigenvalue weighted by molar-refractivity contribution is 0.144.